The zero-order valence-corrected chi connectivity index (χ0v) is 15.6. The summed E-state index contributed by atoms with van der Waals surface area (Å²) in [5.41, 5.74) is 2.68. The number of carbonyl (C=O) groups is 1. The Bertz CT molecular complexity index is 941. The first-order chi connectivity index (χ1) is 13.7. The molecule has 2 aromatic rings. The Kier molecular flexibility index (Phi) is 6.41. The molecule has 0 spiro atoms. The summed E-state index contributed by atoms with van der Waals surface area (Å²) in [5.74, 6) is 0.358. The van der Waals surface area contributed by atoms with Gasteiger partial charge >= 0.3 is 5.97 Å². The highest BCUT2D eigenvalue weighted by atomic mass is 16.5. The number of ether oxygens (including phenoxy) is 2. The quantitative estimate of drug-likeness (QED) is 0.406. The molecule has 0 saturated heterocycles. The van der Waals surface area contributed by atoms with E-state index in [0.717, 1.165) is 17.8 Å². The second-order valence-corrected chi connectivity index (χ2v) is 6.03. The first-order valence-electron chi connectivity index (χ1n) is 9.10. The van der Waals surface area contributed by atoms with Gasteiger partial charge in [-0.25, -0.2) is 4.79 Å². The van der Waals surface area contributed by atoms with Crippen LogP contribution in [-0.2, 0) is 9.47 Å². The molecule has 0 unspecified atom stereocenters. The lowest BCUT2D eigenvalue weighted by molar-refractivity contribution is 0.0526. The molecule has 28 heavy (non-hydrogen) atoms. The Morgan fingerprint density at radius 3 is 2.68 bits per heavy atom. The molecule has 0 heterocycles. The number of rotatable bonds is 6. The molecule has 2 aromatic carbocycles. The van der Waals surface area contributed by atoms with Crippen LogP contribution in [0.3, 0.4) is 0 Å². The summed E-state index contributed by atoms with van der Waals surface area (Å²) in [6, 6.07) is 14.5. The van der Waals surface area contributed by atoms with Gasteiger partial charge in [0.1, 0.15) is 5.76 Å². The van der Waals surface area contributed by atoms with Gasteiger partial charge in [0.2, 0.25) is 5.90 Å². The minimum atomic E-state index is -0.344. The van der Waals surface area contributed by atoms with Crippen LogP contribution in [0.1, 0.15) is 29.3 Å². The summed E-state index contributed by atoms with van der Waals surface area (Å²) < 4.78 is 10.7. The zero-order valence-electron chi connectivity index (χ0n) is 15.6. The second-order valence-electron chi connectivity index (χ2n) is 6.03. The van der Waals surface area contributed by atoms with Crippen LogP contribution >= 0.6 is 0 Å². The van der Waals surface area contributed by atoms with E-state index in [1.807, 2.05) is 54.6 Å². The molecule has 1 aliphatic rings. The van der Waals surface area contributed by atoms with Crippen LogP contribution in [-0.4, -0.2) is 18.5 Å². The van der Waals surface area contributed by atoms with Gasteiger partial charge in [0.25, 0.3) is 0 Å². The van der Waals surface area contributed by atoms with Crippen molar-refractivity contribution in [1.82, 2.24) is 0 Å². The number of benzene rings is 2. The van der Waals surface area contributed by atoms with Crippen LogP contribution in [0, 0.1) is 5.41 Å². The molecule has 0 atom stereocenters. The lowest BCUT2D eigenvalue weighted by Crippen LogP contribution is -2.08. The number of nitrogens with one attached hydrogen (secondary N) is 2. The highest BCUT2D eigenvalue weighted by Crippen LogP contribution is 2.23. The van der Waals surface area contributed by atoms with Gasteiger partial charge in [-0.2, -0.15) is 0 Å². The number of esters is 1. The highest BCUT2D eigenvalue weighted by molar-refractivity contribution is 5.99. The Labute approximate surface area is 164 Å². The van der Waals surface area contributed by atoms with Crippen LogP contribution in [0.4, 0.5) is 11.4 Å². The summed E-state index contributed by atoms with van der Waals surface area (Å²) in [4.78, 5) is 11.8. The molecule has 0 amide bonds. The maximum Gasteiger partial charge on any atom is 0.338 e. The molecule has 3 rings (SSSR count). The van der Waals surface area contributed by atoms with Crippen LogP contribution in [0.15, 0.2) is 84.7 Å². The van der Waals surface area contributed by atoms with E-state index >= 15 is 0 Å². The predicted molar refractivity (Wildman–Crippen MR) is 111 cm³/mol. The molecule has 0 aliphatic heterocycles. The summed E-state index contributed by atoms with van der Waals surface area (Å²) in [6.45, 7) is 2.12. The molecule has 5 nitrogen and oxygen atoms in total. The van der Waals surface area contributed by atoms with Crippen molar-refractivity contribution in [3.05, 3.63) is 95.8 Å². The van der Waals surface area contributed by atoms with E-state index < -0.39 is 0 Å². The van der Waals surface area contributed by atoms with Crippen molar-refractivity contribution < 1.29 is 14.3 Å². The number of para-hydroxylation sites is 1. The number of anilines is 2. The van der Waals surface area contributed by atoms with Crippen molar-refractivity contribution in [3.63, 3.8) is 0 Å². The Hall–Kier alpha value is -3.60. The molecular weight excluding hydrogens is 352 g/mol. The molecule has 0 saturated carbocycles. The fourth-order valence-electron chi connectivity index (χ4n) is 2.66. The monoisotopic (exact) mass is 374 g/mol. The first kappa shape index (κ1) is 19.2. The molecular formula is C23H22N2O3. The maximum atomic E-state index is 11.8. The largest absolute Gasteiger partial charge is 0.462 e. The van der Waals surface area contributed by atoms with Gasteiger partial charge in [-0.3, -0.25) is 5.41 Å². The lowest BCUT2D eigenvalue weighted by Gasteiger charge is -2.14. The number of carbonyl (C=O) groups excluding carboxylic acids is 1. The average molecular weight is 374 g/mol. The second kappa shape index (κ2) is 9.37. The Balaban J connectivity index is 1.74. The summed E-state index contributed by atoms with van der Waals surface area (Å²) in [7, 11) is 0. The lowest BCUT2D eigenvalue weighted by atomic mass is 10.1. The molecule has 0 aromatic heterocycles. The molecule has 1 aliphatic carbocycles. The van der Waals surface area contributed by atoms with E-state index in [-0.39, 0.29) is 11.9 Å². The number of hydrogen-bond acceptors (Lipinski definition) is 5. The van der Waals surface area contributed by atoms with Crippen molar-refractivity contribution in [2.45, 2.75) is 13.3 Å². The minimum absolute atomic E-state index is 0.0593. The van der Waals surface area contributed by atoms with E-state index in [9.17, 15) is 4.79 Å². The number of allylic oxidation sites excluding steroid dienone is 5. The van der Waals surface area contributed by atoms with Crippen LogP contribution in [0.25, 0.3) is 0 Å². The van der Waals surface area contributed by atoms with Gasteiger partial charge in [-0.15, -0.1) is 0 Å². The van der Waals surface area contributed by atoms with Crippen LogP contribution in [0.2, 0.25) is 0 Å². The van der Waals surface area contributed by atoms with E-state index in [4.69, 9.17) is 14.9 Å². The number of hydrogen-bond donors (Lipinski definition) is 2. The smallest absolute Gasteiger partial charge is 0.338 e. The fourth-order valence-corrected chi connectivity index (χ4v) is 2.66. The zero-order chi connectivity index (χ0) is 19.8. The fraction of sp³-hybridized carbons (Fsp3) is 0.130. The van der Waals surface area contributed by atoms with Gasteiger partial charge in [0, 0.05) is 5.69 Å². The Morgan fingerprint density at radius 1 is 1.11 bits per heavy atom. The third kappa shape index (κ3) is 4.98. The van der Waals surface area contributed by atoms with Crippen molar-refractivity contribution in [3.8, 4) is 0 Å². The molecule has 142 valence electrons. The molecule has 0 bridgehead atoms. The topological polar surface area (TPSA) is 71.4 Å². The molecule has 0 fully saturated rings. The van der Waals surface area contributed by atoms with Crippen molar-refractivity contribution >= 4 is 23.2 Å². The van der Waals surface area contributed by atoms with Gasteiger partial charge in [0.05, 0.1) is 23.4 Å². The minimum Gasteiger partial charge on any atom is -0.462 e. The summed E-state index contributed by atoms with van der Waals surface area (Å²) in [6.07, 6.45) is 10.4. The predicted octanol–water partition coefficient (Wildman–Crippen LogP) is 5.35. The average Bonchev–Trinajstić information content (AvgIpc) is 2.98. The van der Waals surface area contributed by atoms with Crippen LogP contribution < -0.4 is 5.32 Å². The van der Waals surface area contributed by atoms with Crippen LogP contribution in [0.5, 0.6) is 0 Å². The van der Waals surface area contributed by atoms with Crippen molar-refractivity contribution in [2.75, 3.05) is 11.9 Å². The SMILES string of the molecule is CCOC(=O)c1ccc(Nc2ccccc2C(=N)OC2=CCC=CC=C2)cc1. The van der Waals surface area contributed by atoms with Crippen molar-refractivity contribution in [1.29, 1.82) is 5.41 Å². The van der Waals surface area contributed by atoms with Gasteiger partial charge in [-0.1, -0.05) is 30.4 Å². The third-order valence-electron chi connectivity index (χ3n) is 4.03. The molecule has 2 N–H and O–H groups in total. The van der Waals surface area contributed by atoms with E-state index in [1.165, 1.54) is 0 Å². The van der Waals surface area contributed by atoms with Crippen molar-refractivity contribution in [2.24, 2.45) is 0 Å². The summed E-state index contributed by atoms with van der Waals surface area (Å²) in [5, 5.41) is 11.6. The normalized spacial score (nSPS) is 12.7. The molecule has 0 radical (unpaired) electrons. The maximum absolute atomic E-state index is 11.8. The summed E-state index contributed by atoms with van der Waals surface area (Å²) >= 11 is 0. The highest BCUT2D eigenvalue weighted by Gasteiger charge is 2.11. The van der Waals surface area contributed by atoms with E-state index in [1.54, 1.807) is 31.2 Å². The molecule has 5 heteroatoms. The third-order valence-corrected chi connectivity index (χ3v) is 4.03. The van der Waals surface area contributed by atoms with E-state index in [0.29, 0.717) is 23.5 Å². The Morgan fingerprint density at radius 2 is 1.89 bits per heavy atom. The van der Waals surface area contributed by atoms with E-state index in [2.05, 4.69) is 5.32 Å². The standard InChI is InChI=1S/C23H22N2O3/c1-2-27-23(26)17-13-15-18(16-14-17)25-21-12-8-7-11-20(21)22(24)28-19-9-5-3-4-6-10-19/h3-5,7-16,24-25H,2,6H2,1H3. The first-order valence-corrected chi connectivity index (χ1v) is 9.10. The van der Waals surface area contributed by atoms with Gasteiger partial charge in [-0.05, 0) is 61.9 Å². The van der Waals surface area contributed by atoms with Gasteiger partial charge in [0.15, 0.2) is 0 Å². The van der Waals surface area contributed by atoms with Gasteiger partial charge < -0.3 is 14.8 Å².